The van der Waals surface area contributed by atoms with Crippen molar-refractivity contribution in [3.8, 4) is 11.4 Å². The predicted octanol–water partition coefficient (Wildman–Crippen LogP) is 5.44. The molecule has 0 bridgehead atoms. The molecule has 6 heteroatoms. The number of aryl methyl sites for hydroxylation is 2. The lowest BCUT2D eigenvalue weighted by Gasteiger charge is -2.11. The number of fused-ring (bicyclic) bond motifs is 1. The van der Waals surface area contributed by atoms with Gasteiger partial charge in [-0.2, -0.15) is 0 Å². The molecule has 2 aromatic carbocycles. The minimum absolute atomic E-state index is 0.0588. The monoisotopic (exact) mass is 421 g/mol. The summed E-state index contributed by atoms with van der Waals surface area (Å²) in [5.41, 5.74) is 4.24. The Morgan fingerprint density at radius 2 is 1.77 bits per heavy atom. The van der Waals surface area contributed by atoms with Crippen LogP contribution in [0.3, 0.4) is 0 Å². The molecular weight excluding hydrogens is 390 g/mol. The molecule has 31 heavy (non-hydrogen) atoms. The van der Waals surface area contributed by atoms with Gasteiger partial charge in [0.2, 0.25) is 0 Å². The van der Waals surface area contributed by atoms with Crippen LogP contribution in [0.2, 0.25) is 0 Å². The minimum atomic E-state index is -0.352. The molecule has 0 fully saturated rings. The van der Waals surface area contributed by atoms with Crippen LogP contribution >= 0.6 is 0 Å². The molecule has 0 radical (unpaired) electrons. The normalized spacial score (nSPS) is 12.1. The fourth-order valence-corrected chi connectivity index (χ4v) is 3.69. The maximum absolute atomic E-state index is 11.2. The first kappa shape index (κ1) is 22.5. The summed E-state index contributed by atoms with van der Waals surface area (Å²) in [6, 6.07) is 11.7. The standard InChI is InChI=1S/C25H31N3O3/c1-4-24(29)31-19(3)12-8-6-5-7-9-13-20-16-18(2)25(30)23(17-20)28-26-21-14-10-11-15-22(21)27-28/h4,10-11,14-17,19,30H,1,5-9,12-13H2,2-3H3. The fourth-order valence-electron chi connectivity index (χ4n) is 3.69. The Morgan fingerprint density at radius 3 is 2.45 bits per heavy atom. The number of phenols is 1. The molecule has 1 N–H and O–H groups in total. The van der Waals surface area contributed by atoms with E-state index >= 15 is 0 Å². The number of aromatic hydroxyl groups is 1. The molecule has 0 saturated carbocycles. The second kappa shape index (κ2) is 10.8. The zero-order valence-electron chi connectivity index (χ0n) is 18.4. The van der Waals surface area contributed by atoms with E-state index in [4.69, 9.17) is 4.74 Å². The number of carbonyl (C=O) groups is 1. The topological polar surface area (TPSA) is 77.2 Å². The van der Waals surface area contributed by atoms with E-state index in [-0.39, 0.29) is 17.8 Å². The van der Waals surface area contributed by atoms with Crippen LogP contribution < -0.4 is 0 Å². The molecule has 0 amide bonds. The smallest absolute Gasteiger partial charge is 0.330 e. The molecule has 3 rings (SSSR count). The highest BCUT2D eigenvalue weighted by molar-refractivity contribution is 5.81. The number of hydrogen-bond acceptors (Lipinski definition) is 5. The molecule has 1 unspecified atom stereocenters. The lowest BCUT2D eigenvalue weighted by molar-refractivity contribution is -0.142. The molecule has 0 aliphatic carbocycles. The molecule has 1 aromatic heterocycles. The lowest BCUT2D eigenvalue weighted by Crippen LogP contribution is -2.12. The van der Waals surface area contributed by atoms with Crippen LogP contribution in [0.5, 0.6) is 5.75 Å². The van der Waals surface area contributed by atoms with Crippen LogP contribution in [0.1, 0.15) is 56.6 Å². The molecule has 1 atom stereocenters. The Hall–Kier alpha value is -3.15. The van der Waals surface area contributed by atoms with Crippen LogP contribution in [-0.2, 0) is 16.0 Å². The number of nitrogens with zero attached hydrogens (tertiary/aromatic N) is 3. The first-order valence-corrected chi connectivity index (χ1v) is 11.0. The zero-order chi connectivity index (χ0) is 22.2. The van der Waals surface area contributed by atoms with Crippen LogP contribution in [0.15, 0.2) is 49.1 Å². The Bertz CT molecular complexity index is 1010. The summed E-state index contributed by atoms with van der Waals surface area (Å²) in [7, 11) is 0. The SMILES string of the molecule is C=CC(=O)OC(C)CCCCCCCc1cc(C)c(O)c(-n2nc3ccccc3n2)c1. The highest BCUT2D eigenvalue weighted by Crippen LogP contribution is 2.28. The van der Waals surface area contributed by atoms with Gasteiger partial charge in [-0.25, -0.2) is 4.79 Å². The Labute approximate surface area is 183 Å². The van der Waals surface area contributed by atoms with Crippen molar-refractivity contribution in [2.45, 2.75) is 64.9 Å². The molecule has 6 nitrogen and oxygen atoms in total. The average Bonchev–Trinajstić information content (AvgIpc) is 3.19. The van der Waals surface area contributed by atoms with Crippen molar-refractivity contribution in [1.29, 1.82) is 0 Å². The zero-order valence-corrected chi connectivity index (χ0v) is 18.4. The number of hydrogen-bond donors (Lipinski definition) is 1. The van der Waals surface area contributed by atoms with Crippen molar-refractivity contribution in [2.24, 2.45) is 0 Å². The summed E-state index contributed by atoms with van der Waals surface area (Å²) in [5, 5.41) is 19.6. The van der Waals surface area contributed by atoms with Crippen molar-refractivity contribution < 1.29 is 14.6 Å². The van der Waals surface area contributed by atoms with Crippen molar-refractivity contribution in [3.05, 3.63) is 60.2 Å². The van der Waals surface area contributed by atoms with E-state index in [1.807, 2.05) is 50.2 Å². The number of aromatic nitrogens is 3. The summed E-state index contributed by atoms with van der Waals surface area (Å²) >= 11 is 0. The Kier molecular flexibility index (Phi) is 7.82. The molecule has 0 aliphatic heterocycles. The largest absolute Gasteiger partial charge is 0.505 e. The summed E-state index contributed by atoms with van der Waals surface area (Å²) in [6.45, 7) is 7.24. The third kappa shape index (κ3) is 6.17. The Morgan fingerprint density at radius 1 is 1.13 bits per heavy atom. The third-order valence-corrected chi connectivity index (χ3v) is 5.40. The van der Waals surface area contributed by atoms with Crippen LogP contribution in [0, 0.1) is 6.92 Å². The number of esters is 1. The number of ether oxygens (including phenoxy) is 1. The van der Waals surface area contributed by atoms with Gasteiger partial charge in [0.05, 0.1) is 6.10 Å². The fraction of sp³-hybridized carbons (Fsp3) is 0.400. The van der Waals surface area contributed by atoms with Gasteiger partial charge in [0.1, 0.15) is 22.5 Å². The van der Waals surface area contributed by atoms with Crippen molar-refractivity contribution in [1.82, 2.24) is 15.0 Å². The highest BCUT2D eigenvalue weighted by Gasteiger charge is 2.12. The van der Waals surface area contributed by atoms with Gasteiger partial charge in [0.25, 0.3) is 0 Å². The highest BCUT2D eigenvalue weighted by atomic mass is 16.5. The minimum Gasteiger partial charge on any atom is -0.505 e. The summed E-state index contributed by atoms with van der Waals surface area (Å²) in [6.07, 6.45) is 8.52. The molecule has 0 saturated heterocycles. The third-order valence-electron chi connectivity index (χ3n) is 5.40. The number of rotatable bonds is 11. The lowest BCUT2D eigenvalue weighted by atomic mass is 10.0. The van der Waals surface area contributed by atoms with Gasteiger partial charge in [-0.3, -0.25) is 0 Å². The summed E-state index contributed by atoms with van der Waals surface area (Å²) in [4.78, 5) is 12.7. The number of benzene rings is 2. The molecule has 0 spiro atoms. The van der Waals surface area contributed by atoms with Gasteiger partial charge in [0, 0.05) is 6.08 Å². The van der Waals surface area contributed by atoms with E-state index in [1.54, 1.807) is 0 Å². The number of carbonyl (C=O) groups excluding carboxylic acids is 1. The van der Waals surface area contributed by atoms with Crippen LogP contribution in [0.4, 0.5) is 0 Å². The Balaban J connectivity index is 1.49. The van der Waals surface area contributed by atoms with Crippen molar-refractivity contribution in [2.75, 3.05) is 0 Å². The van der Waals surface area contributed by atoms with Gasteiger partial charge in [-0.1, -0.05) is 44.0 Å². The molecule has 1 heterocycles. The van der Waals surface area contributed by atoms with E-state index in [9.17, 15) is 9.90 Å². The van der Waals surface area contributed by atoms with Crippen molar-refractivity contribution >= 4 is 17.0 Å². The van der Waals surface area contributed by atoms with Gasteiger partial charge in [-0.15, -0.1) is 15.0 Å². The molecule has 3 aromatic rings. The van der Waals surface area contributed by atoms with Gasteiger partial charge in [-0.05, 0) is 68.9 Å². The van der Waals surface area contributed by atoms with Gasteiger partial charge >= 0.3 is 5.97 Å². The van der Waals surface area contributed by atoms with E-state index in [2.05, 4.69) is 16.8 Å². The molecule has 164 valence electrons. The average molecular weight is 422 g/mol. The quantitative estimate of drug-likeness (QED) is 0.254. The number of unbranched alkanes of at least 4 members (excludes halogenated alkanes) is 4. The van der Waals surface area contributed by atoms with Gasteiger partial charge < -0.3 is 9.84 Å². The van der Waals surface area contributed by atoms with E-state index < -0.39 is 0 Å². The maximum Gasteiger partial charge on any atom is 0.330 e. The van der Waals surface area contributed by atoms with Crippen LogP contribution in [-0.4, -0.2) is 32.2 Å². The number of phenolic OH excluding ortho intramolecular Hbond substituents is 1. The van der Waals surface area contributed by atoms with E-state index in [1.165, 1.54) is 16.4 Å². The maximum atomic E-state index is 11.2. The first-order chi connectivity index (χ1) is 15.0. The van der Waals surface area contributed by atoms with Crippen LogP contribution in [0.25, 0.3) is 16.7 Å². The molecule has 0 aliphatic rings. The second-order valence-electron chi connectivity index (χ2n) is 8.02. The first-order valence-electron chi connectivity index (χ1n) is 11.0. The van der Waals surface area contributed by atoms with E-state index in [0.29, 0.717) is 5.69 Å². The van der Waals surface area contributed by atoms with Gasteiger partial charge in [0.15, 0.2) is 0 Å². The second-order valence-corrected chi connectivity index (χ2v) is 8.02. The summed E-state index contributed by atoms with van der Waals surface area (Å²) in [5.74, 6) is -0.134. The van der Waals surface area contributed by atoms with E-state index in [0.717, 1.165) is 61.5 Å². The molecular formula is C25H31N3O3. The summed E-state index contributed by atoms with van der Waals surface area (Å²) < 4.78 is 5.18. The predicted molar refractivity (Wildman–Crippen MR) is 122 cm³/mol. The van der Waals surface area contributed by atoms with Crippen molar-refractivity contribution in [3.63, 3.8) is 0 Å².